The molecule has 3 unspecified atom stereocenters. The van der Waals surface area contributed by atoms with Gasteiger partial charge in [-0.05, 0) is 51.0 Å². The summed E-state index contributed by atoms with van der Waals surface area (Å²) in [5.41, 5.74) is 1.38. The SMILES string of the molecule is CNC1CCCc2nc(N3CC4CCCC4C3)sc21. The topological polar surface area (TPSA) is 28.2 Å². The highest BCUT2D eigenvalue weighted by Gasteiger charge is 2.37. The Morgan fingerprint density at radius 1 is 1.16 bits per heavy atom. The van der Waals surface area contributed by atoms with Crippen LogP contribution in [0.4, 0.5) is 5.13 Å². The zero-order valence-electron chi connectivity index (χ0n) is 11.7. The van der Waals surface area contributed by atoms with Crippen molar-refractivity contribution in [2.45, 2.75) is 44.6 Å². The molecule has 0 bridgehead atoms. The van der Waals surface area contributed by atoms with Gasteiger partial charge in [0.2, 0.25) is 0 Å². The van der Waals surface area contributed by atoms with Crippen molar-refractivity contribution >= 4 is 16.5 Å². The lowest BCUT2D eigenvalue weighted by atomic mass is 9.98. The highest BCUT2D eigenvalue weighted by Crippen LogP contribution is 2.43. The van der Waals surface area contributed by atoms with Gasteiger partial charge in [-0.25, -0.2) is 4.98 Å². The molecule has 19 heavy (non-hydrogen) atoms. The molecule has 4 heteroatoms. The van der Waals surface area contributed by atoms with E-state index < -0.39 is 0 Å². The molecule has 2 aliphatic carbocycles. The number of aryl methyl sites for hydroxylation is 1. The van der Waals surface area contributed by atoms with Crippen molar-refractivity contribution in [3.05, 3.63) is 10.6 Å². The monoisotopic (exact) mass is 277 g/mol. The minimum Gasteiger partial charge on any atom is -0.348 e. The summed E-state index contributed by atoms with van der Waals surface area (Å²) in [6.45, 7) is 2.53. The molecule has 3 nitrogen and oxygen atoms in total. The number of hydrogen-bond acceptors (Lipinski definition) is 4. The van der Waals surface area contributed by atoms with Gasteiger partial charge in [-0.3, -0.25) is 0 Å². The minimum absolute atomic E-state index is 0.553. The van der Waals surface area contributed by atoms with Crippen molar-refractivity contribution in [1.29, 1.82) is 0 Å². The molecule has 3 aliphatic rings. The van der Waals surface area contributed by atoms with E-state index in [1.165, 1.54) is 67.3 Å². The van der Waals surface area contributed by atoms with E-state index >= 15 is 0 Å². The van der Waals surface area contributed by atoms with Crippen LogP contribution < -0.4 is 10.2 Å². The second kappa shape index (κ2) is 4.74. The zero-order valence-corrected chi connectivity index (χ0v) is 12.5. The first-order valence-corrected chi connectivity index (χ1v) is 8.58. The molecule has 0 amide bonds. The lowest BCUT2D eigenvalue weighted by Gasteiger charge is -2.19. The zero-order chi connectivity index (χ0) is 12.8. The van der Waals surface area contributed by atoms with Crippen molar-refractivity contribution in [2.24, 2.45) is 11.8 Å². The summed E-state index contributed by atoms with van der Waals surface area (Å²) in [5.74, 6) is 1.92. The Morgan fingerprint density at radius 2 is 1.95 bits per heavy atom. The number of aromatic nitrogens is 1. The molecule has 104 valence electrons. The molecule has 0 radical (unpaired) electrons. The van der Waals surface area contributed by atoms with Gasteiger partial charge in [-0.2, -0.15) is 0 Å². The van der Waals surface area contributed by atoms with Crippen LogP contribution in [0, 0.1) is 11.8 Å². The van der Waals surface area contributed by atoms with Gasteiger partial charge >= 0.3 is 0 Å². The molecule has 1 aromatic rings. The lowest BCUT2D eigenvalue weighted by Crippen LogP contribution is -2.20. The van der Waals surface area contributed by atoms with Crippen molar-refractivity contribution < 1.29 is 0 Å². The molecule has 1 saturated carbocycles. The number of rotatable bonds is 2. The fraction of sp³-hybridized carbons (Fsp3) is 0.800. The Balaban J connectivity index is 1.58. The van der Waals surface area contributed by atoms with E-state index in [0.717, 1.165) is 11.8 Å². The van der Waals surface area contributed by atoms with E-state index in [1.807, 2.05) is 11.3 Å². The first kappa shape index (κ1) is 12.2. The van der Waals surface area contributed by atoms with Gasteiger partial charge in [-0.15, -0.1) is 0 Å². The summed E-state index contributed by atoms with van der Waals surface area (Å²) in [4.78, 5) is 9.05. The number of fused-ring (bicyclic) bond motifs is 2. The van der Waals surface area contributed by atoms with Gasteiger partial charge in [0.25, 0.3) is 0 Å². The van der Waals surface area contributed by atoms with Crippen molar-refractivity contribution in [3.63, 3.8) is 0 Å². The van der Waals surface area contributed by atoms with Crippen LogP contribution in [-0.2, 0) is 6.42 Å². The van der Waals surface area contributed by atoms with E-state index in [-0.39, 0.29) is 0 Å². The second-order valence-corrected chi connectivity index (χ2v) is 7.41. The van der Waals surface area contributed by atoms with E-state index in [0.29, 0.717) is 6.04 Å². The highest BCUT2D eigenvalue weighted by atomic mass is 32.1. The van der Waals surface area contributed by atoms with Gasteiger partial charge < -0.3 is 10.2 Å². The third kappa shape index (κ3) is 2.00. The second-order valence-electron chi connectivity index (χ2n) is 6.40. The van der Waals surface area contributed by atoms with Crippen molar-refractivity contribution in [3.8, 4) is 0 Å². The summed E-state index contributed by atoms with van der Waals surface area (Å²) < 4.78 is 0. The van der Waals surface area contributed by atoms with Crippen LogP contribution in [-0.4, -0.2) is 25.1 Å². The third-order valence-corrected chi connectivity index (χ3v) is 6.56. The minimum atomic E-state index is 0.553. The van der Waals surface area contributed by atoms with Crippen LogP contribution in [0.2, 0.25) is 0 Å². The predicted molar refractivity (Wildman–Crippen MR) is 79.9 cm³/mol. The predicted octanol–water partition coefficient (Wildman–Crippen LogP) is 2.98. The van der Waals surface area contributed by atoms with Gasteiger partial charge in [0, 0.05) is 24.0 Å². The Bertz CT molecular complexity index is 458. The van der Waals surface area contributed by atoms with E-state index in [9.17, 15) is 0 Å². The number of nitrogens with zero attached hydrogens (tertiary/aromatic N) is 2. The maximum absolute atomic E-state index is 4.96. The molecule has 1 aromatic heterocycles. The van der Waals surface area contributed by atoms with Gasteiger partial charge in [-0.1, -0.05) is 17.8 Å². The first-order chi connectivity index (χ1) is 9.35. The third-order valence-electron chi connectivity index (χ3n) is 5.28. The molecule has 4 rings (SSSR count). The standard InChI is InChI=1S/C15H23N3S/c1-16-12-6-3-7-13-14(12)19-15(17-13)18-8-10-4-2-5-11(10)9-18/h10-12,16H,2-9H2,1H3. The summed E-state index contributed by atoms with van der Waals surface area (Å²) in [7, 11) is 2.08. The molecule has 2 heterocycles. The molecular weight excluding hydrogens is 254 g/mol. The van der Waals surface area contributed by atoms with E-state index in [4.69, 9.17) is 4.98 Å². The lowest BCUT2D eigenvalue weighted by molar-refractivity contribution is 0.494. The Labute approximate surface area is 119 Å². The highest BCUT2D eigenvalue weighted by molar-refractivity contribution is 7.15. The van der Waals surface area contributed by atoms with Crippen LogP contribution in [0.1, 0.15) is 48.7 Å². The van der Waals surface area contributed by atoms with E-state index in [1.54, 1.807) is 0 Å². The molecule has 3 atom stereocenters. The smallest absolute Gasteiger partial charge is 0.185 e. The fourth-order valence-electron chi connectivity index (χ4n) is 4.21. The summed E-state index contributed by atoms with van der Waals surface area (Å²) in [5, 5.41) is 4.76. The van der Waals surface area contributed by atoms with Gasteiger partial charge in [0.15, 0.2) is 5.13 Å². The van der Waals surface area contributed by atoms with Gasteiger partial charge in [0.05, 0.1) is 5.69 Å². The summed E-state index contributed by atoms with van der Waals surface area (Å²) in [6, 6.07) is 0.553. The molecular formula is C15H23N3S. The number of nitrogens with one attached hydrogen (secondary N) is 1. The van der Waals surface area contributed by atoms with Crippen LogP contribution in [0.5, 0.6) is 0 Å². The first-order valence-electron chi connectivity index (χ1n) is 7.77. The Hall–Kier alpha value is -0.610. The van der Waals surface area contributed by atoms with Crippen molar-refractivity contribution in [1.82, 2.24) is 10.3 Å². The molecule has 0 aromatic carbocycles. The summed E-state index contributed by atoms with van der Waals surface area (Å²) in [6.07, 6.45) is 8.10. The maximum Gasteiger partial charge on any atom is 0.185 e. The average Bonchev–Trinajstić information content (AvgIpc) is 3.10. The normalized spacial score (nSPS) is 33.5. The fourth-order valence-corrected chi connectivity index (χ4v) is 5.48. The van der Waals surface area contributed by atoms with Crippen LogP contribution in [0.15, 0.2) is 0 Å². The molecule has 2 fully saturated rings. The maximum atomic E-state index is 4.96. The molecule has 1 N–H and O–H groups in total. The van der Waals surface area contributed by atoms with Crippen LogP contribution in [0.25, 0.3) is 0 Å². The van der Waals surface area contributed by atoms with Crippen LogP contribution in [0.3, 0.4) is 0 Å². The largest absolute Gasteiger partial charge is 0.348 e. The van der Waals surface area contributed by atoms with Gasteiger partial charge in [0.1, 0.15) is 0 Å². The van der Waals surface area contributed by atoms with Crippen molar-refractivity contribution in [2.75, 3.05) is 25.0 Å². The quantitative estimate of drug-likeness (QED) is 0.901. The average molecular weight is 277 g/mol. The number of hydrogen-bond donors (Lipinski definition) is 1. The van der Waals surface area contributed by atoms with E-state index in [2.05, 4.69) is 17.3 Å². The molecule has 1 saturated heterocycles. The molecule has 1 aliphatic heterocycles. The Morgan fingerprint density at radius 3 is 2.68 bits per heavy atom. The summed E-state index contributed by atoms with van der Waals surface area (Å²) >= 11 is 1.96. The Kier molecular flexibility index (Phi) is 3.03. The van der Waals surface area contributed by atoms with Crippen LogP contribution >= 0.6 is 11.3 Å². The number of thiazole rings is 1. The molecule has 0 spiro atoms. The number of anilines is 1.